The zero-order chi connectivity index (χ0) is 23.5. The van der Waals surface area contributed by atoms with Crippen LogP contribution < -0.4 is 15.6 Å². The SMILES string of the molecule is CCOC(=O)c1ccc(NC(=O)CN2NC3N(CCN3c3ccc(F)cc3)C(=O)C2=O)cc1. The average Bonchev–Trinajstić information content (AvgIpc) is 3.22. The molecule has 2 N–H and O–H groups in total. The number of nitrogens with one attached hydrogen (secondary N) is 2. The molecule has 172 valence electrons. The quantitative estimate of drug-likeness (QED) is 0.492. The van der Waals surface area contributed by atoms with Crippen molar-refractivity contribution in [1.29, 1.82) is 0 Å². The number of carbonyl (C=O) groups is 4. The number of ether oxygens (including phenoxy) is 1. The third-order valence-electron chi connectivity index (χ3n) is 5.27. The number of benzene rings is 2. The maximum Gasteiger partial charge on any atom is 0.338 e. The highest BCUT2D eigenvalue weighted by Gasteiger charge is 2.45. The highest BCUT2D eigenvalue weighted by atomic mass is 19.1. The van der Waals surface area contributed by atoms with Crippen molar-refractivity contribution in [3.63, 3.8) is 0 Å². The highest BCUT2D eigenvalue weighted by molar-refractivity contribution is 6.35. The van der Waals surface area contributed by atoms with Gasteiger partial charge in [0.1, 0.15) is 12.4 Å². The second-order valence-corrected chi connectivity index (χ2v) is 7.41. The van der Waals surface area contributed by atoms with Gasteiger partial charge in [-0.15, -0.1) is 0 Å². The monoisotopic (exact) mass is 455 g/mol. The normalized spacial score (nSPS) is 17.8. The molecule has 2 saturated heterocycles. The fraction of sp³-hybridized carbons (Fsp3) is 0.273. The molecule has 2 aromatic rings. The summed E-state index contributed by atoms with van der Waals surface area (Å²) in [5.41, 5.74) is 4.34. The standard InChI is InChI=1S/C22H22FN5O5/c1-2-33-21(32)14-3-7-16(8-4-14)24-18(29)13-28-20(31)19(30)27-12-11-26(22(27)25-28)17-9-5-15(23)6-10-17/h3-10,22,25H,2,11-13H2,1H3,(H,24,29). The number of rotatable bonds is 6. The summed E-state index contributed by atoms with van der Waals surface area (Å²) >= 11 is 0. The van der Waals surface area contributed by atoms with Crippen molar-refractivity contribution in [2.24, 2.45) is 0 Å². The van der Waals surface area contributed by atoms with Crippen LogP contribution in [0.2, 0.25) is 0 Å². The number of esters is 1. The summed E-state index contributed by atoms with van der Waals surface area (Å²) in [5.74, 6) is -2.96. The molecule has 1 atom stereocenters. The molecule has 2 aliphatic rings. The van der Waals surface area contributed by atoms with E-state index in [0.29, 0.717) is 30.0 Å². The Labute approximate surface area is 188 Å². The van der Waals surface area contributed by atoms with E-state index in [4.69, 9.17) is 4.74 Å². The summed E-state index contributed by atoms with van der Waals surface area (Å²) in [6, 6.07) is 11.9. The molecule has 1 unspecified atom stereocenters. The minimum absolute atomic E-state index is 0.254. The Morgan fingerprint density at radius 1 is 1.03 bits per heavy atom. The third-order valence-corrected chi connectivity index (χ3v) is 5.27. The molecule has 0 bridgehead atoms. The van der Waals surface area contributed by atoms with Crippen molar-refractivity contribution in [2.45, 2.75) is 13.2 Å². The summed E-state index contributed by atoms with van der Waals surface area (Å²) in [4.78, 5) is 52.5. The average molecular weight is 455 g/mol. The van der Waals surface area contributed by atoms with E-state index in [2.05, 4.69) is 10.7 Å². The Hall–Kier alpha value is -3.99. The van der Waals surface area contributed by atoms with Crippen molar-refractivity contribution in [1.82, 2.24) is 15.3 Å². The number of carbonyl (C=O) groups excluding carboxylic acids is 4. The van der Waals surface area contributed by atoms with Crippen molar-refractivity contribution in [3.8, 4) is 0 Å². The lowest BCUT2D eigenvalue weighted by Crippen LogP contribution is -2.68. The smallest absolute Gasteiger partial charge is 0.338 e. The lowest BCUT2D eigenvalue weighted by molar-refractivity contribution is -0.163. The van der Waals surface area contributed by atoms with E-state index in [1.165, 1.54) is 41.3 Å². The van der Waals surface area contributed by atoms with Gasteiger partial charge in [-0.25, -0.2) is 9.18 Å². The fourth-order valence-corrected chi connectivity index (χ4v) is 3.69. The summed E-state index contributed by atoms with van der Waals surface area (Å²) in [6.45, 7) is 2.30. The largest absolute Gasteiger partial charge is 0.462 e. The van der Waals surface area contributed by atoms with Gasteiger partial charge in [-0.3, -0.25) is 24.3 Å². The van der Waals surface area contributed by atoms with Gasteiger partial charge in [0.2, 0.25) is 5.91 Å². The van der Waals surface area contributed by atoms with Crippen LogP contribution in [0.5, 0.6) is 0 Å². The molecule has 33 heavy (non-hydrogen) atoms. The van der Waals surface area contributed by atoms with Crippen LogP contribution in [-0.4, -0.2) is 66.1 Å². The molecule has 0 spiro atoms. The van der Waals surface area contributed by atoms with Gasteiger partial charge < -0.3 is 15.0 Å². The van der Waals surface area contributed by atoms with E-state index < -0.39 is 36.5 Å². The van der Waals surface area contributed by atoms with Crippen LogP contribution >= 0.6 is 0 Å². The molecule has 0 radical (unpaired) electrons. The zero-order valence-corrected chi connectivity index (χ0v) is 17.8. The maximum absolute atomic E-state index is 13.3. The number of halogens is 1. The van der Waals surface area contributed by atoms with E-state index >= 15 is 0 Å². The predicted molar refractivity (Wildman–Crippen MR) is 115 cm³/mol. The first-order valence-corrected chi connectivity index (χ1v) is 10.3. The zero-order valence-electron chi connectivity index (χ0n) is 17.8. The summed E-state index contributed by atoms with van der Waals surface area (Å²) < 4.78 is 18.2. The molecule has 0 saturated carbocycles. The fourth-order valence-electron chi connectivity index (χ4n) is 3.69. The van der Waals surface area contributed by atoms with Crippen LogP contribution in [0.3, 0.4) is 0 Å². The van der Waals surface area contributed by atoms with Crippen LogP contribution in [0, 0.1) is 5.82 Å². The van der Waals surface area contributed by atoms with Crippen LogP contribution in [0.4, 0.5) is 15.8 Å². The minimum atomic E-state index is -0.847. The van der Waals surface area contributed by atoms with E-state index in [0.717, 1.165) is 5.01 Å². The molecular weight excluding hydrogens is 433 g/mol. The van der Waals surface area contributed by atoms with Crippen LogP contribution in [0.15, 0.2) is 48.5 Å². The first kappa shape index (κ1) is 22.2. The lowest BCUT2D eigenvalue weighted by Gasteiger charge is -2.40. The third kappa shape index (κ3) is 4.62. The number of hydrazine groups is 1. The van der Waals surface area contributed by atoms with Gasteiger partial charge in [0.15, 0.2) is 6.29 Å². The van der Waals surface area contributed by atoms with Crippen molar-refractivity contribution in [3.05, 3.63) is 59.9 Å². The first-order chi connectivity index (χ1) is 15.9. The molecule has 2 heterocycles. The minimum Gasteiger partial charge on any atom is -0.462 e. The molecular formula is C22H22FN5O5. The molecule has 4 rings (SSSR count). The molecule has 3 amide bonds. The van der Waals surface area contributed by atoms with Crippen molar-refractivity contribution in [2.75, 3.05) is 36.5 Å². The Morgan fingerprint density at radius 3 is 2.36 bits per heavy atom. The van der Waals surface area contributed by atoms with Crippen LogP contribution in [-0.2, 0) is 19.1 Å². The Morgan fingerprint density at radius 2 is 1.70 bits per heavy atom. The van der Waals surface area contributed by atoms with Crippen molar-refractivity contribution >= 4 is 35.1 Å². The Bertz CT molecular complexity index is 1080. The van der Waals surface area contributed by atoms with Gasteiger partial charge >= 0.3 is 17.8 Å². The van der Waals surface area contributed by atoms with Gasteiger partial charge in [-0.05, 0) is 55.5 Å². The predicted octanol–water partition coefficient (Wildman–Crippen LogP) is 0.920. The van der Waals surface area contributed by atoms with E-state index in [1.54, 1.807) is 19.1 Å². The molecule has 11 heteroatoms. The molecule has 2 aromatic carbocycles. The Balaban J connectivity index is 1.41. The van der Waals surface area contributed by atoms with Crippen molar-refractivity contribution < 1.29 is 28.3 Å². The molecule has 0 aliphatic carbocycles. The molecule has 10 nitrogen and oxygen atoms in total. The number of hydrogen-bond acceptors (Lipinski definition) is 7. The summed E-state index contributed by atoms with van der Waals surface area (Å²) in [7, 11) is 0. The first-order valence-electron chi connectivity index (χ1n) is 10.3. The Kier molecular flexibility index (Phi) is 6.22. The van der Waals surface area contributed by atoms with Gasteiger partial charge in [0.25, 0.3) is 0 Å². The second kappa shape index (κ2) is 9.25. The lowest BCUT2D eigenvalue weighted by atomic mass is 10.2. The highest BCUT2D eigenvalue weighted by Crippen LogP contribution is 2.25. The van der Waals surface area contributed by atoms with Gasteiger partial charge in [-0.2, -0.15) is 5.43 Å². The van der Waals surface area contributed by atoms with E-state index in [-0.39, 0.29) is 12.4 Å². The molecule has 2 fully saturated rings. The van der Waals surface area contributed by atoms with Gasteiger partial charge in [0.05, 0.1) is 12.2 Å². The number of amides is 3. The molecule has 0 aromatic heterocycles. The van der Waals surface area contributed by atoms with Crippen LogP contribution in [0.25, 0.3) is 0 Å². The van der Waals surface area contributed by atoms with Gasteiger partial charge in [-0.1, -0.05) is 0 Å². The second-order valence-electron chi connectivity index (χ2n) is 7.41. The number of hydrogen-bond donors (Lipinski definition) is 2. The molecule has 2 aliphatic heterocycles. The topological polar surface area (TPSA) is 111 Å². The van der Waals surface area contributed by atoms with E-state index in [1.807, 2.05) is 4.90 Å². The van der Waals surface area contributed by atoms with E-state index in [9.17, 15) is 23.6 Å². The maximum atomic E-state index is 13.3. The van der Waals surface area contributed by atoms with Gasteiger partial charge in [0, 0.05) is 24.5 Å². The number of fused-ring (bicyclic) bond motifs is 1. The summed E-state index contributed by atoms with van der Waals surface area (Å²) in [5, 5.41) is 3.59. The van der Waals surface area contributed by atoms with Crippen LogP contribution in [0.1, 0.15) is 17.3 Å². The number of nitrogens with zero attached hydrogens (tertiary/aromatic N) is 3. The number of anilines is 2. The summed E-state index contributed by atoms with van der Waals surface area (Å²) in [6.07, 6.45) is -0.683.